The molecule has 7 atom stereocenters. The van der Waals surface area contributed by atoms with Gasteiger partial charge in [-0.15, -0.1) is 0 Å². The van der Waals surface area contributed by atoms with Crippen molar-refractivity contribution in [1.29, 1.82) is 0 Å². The van der Waals surface area contributed by atoms with Crippen LogP contribution in [0.5, 0.6) is 0 Å². The van der Waals surface area contributed by atoms with Crippen molar-refractivity contribution in [1.82, 2.24) is 0 Å². The number of esters is 4. The molecule has 0 aromatic carbocycles. The molecule has 0 radical (unpaired) electrons. The van der Waals surface area contributed by atoms with E-state index in [1.807, 2.05) is 0 Å². The monoisotopic (exact) mass is 1210 g/mol. The maximum Gasteiger partial charge on any atom is 0.472 e. The van der Waals surface area contributed by atoms with Crippen molar-refractivity contribution in [2.24, 2.45) is 17.8 Å². The van der Waals surface area contributed by atoms with Gasteiger partial charge in [0.1, 0.15) is 19.3 Å². The van der Waals surface area contributed by atoms with Crippen LogP contribution in [0, 0.1) is 17.8 Å². The number of phosphoric ester groups is 2. The van der Waals surface area contributed by atoms with Gasteiger partial charge in [-0.05, 0) is 43.4 Å². The molecule has 3 N–H and O–H groups in total. The summed E-state index contributed by atoms with van der Waals surface area (Å²) in [7, 11) is -9.88. The van der Waals surface area contributed by atoms with Crippen molar-refractivity contribution in [2.45, 2.75) is 324 Å². The average molecular weight is 1210 g/mol. The van der Waals surface area contributed by atoms with Crippen LogP contribution in [0.1, 0.15) is 305 Å². The van der Waals surface area contributed by atoms with E-state index in [0.29, 0.717) is 25.7 Å². The highest BCUT2D eigenvalue weighted by Crippen LogP contribution is 2.45. The van der Waals surface area contributed by atoms with Gasteiger partial charge < -0.3 is 33.8 Å². The van der Waals surface area contributed by atoms with Gasteiger partial charge in [0.05, 0.1) is 26.4 Å². The molecule has 19 heteroatoms. The maximum absolute atomic E-state index is 13.0. The van der Waals surface area contributed by atoms with E-state index < -0.39 is 97.5 Å². The van der Waals surface area contributed by atoms with E-state index in [-0.39, 0.29) is 25.7 Å². The Kier molecular flexibility index (Phi) is 53.2. The lowest BCUT2D eigenvalue weighted by atomic mass is 9.99. The summed E-state index contributed by atoms with van der Waals surface area (Å²) >= 11 is 0. The van der Waals surface area contributed by atoms with E-state index in [1.165, 1.54) is 103 Å². The molecule has 4 unspecified atom stereocenters. The number of ether oxygens (including phenoxy) is 4. The van der Waals surface area contributed by atoms with Crippen molar-refractivity contribution in [3.63, 3.8) is 0 Å². The van der Waals surface area contributed by atoms with E-state index in [1.54, 1.807) is 0 Å². The highest BCUT2D eigenvalue weighted by atomic mass is 31.2. The van der Waals surface area contributed by atoms with Crippen molar-refractivity contribution >= 4 is 39.5 Å². The molecule has 0 heterocycles. The van der Waals surface area contributed by atoms with Crippen LogP contribution in [0.2, 0.25) is 0 Å². The summed E-state index contributed by atoms with van der Waals surface area (Å²) in [5.41, 5.74) is 0. The lowest BCUT2D eigenvalue weighted by Crippen LogP contribution is -2.30. The van der Waals surface area contributed by atoms with Crippen LogP contribution >= 0.6 is 15.6 Å². The average Bonchev–Trinajstić information content (AvgIpc) is 3.49. The fourth-order valence-electron chi connectivity index (χ4n) is 9.24. The number of hydrogen-bond donors (Lipinski definition) is 3. The Bertz CT molecular complexity index is 1630. The summed E-state index contributed by atoms with van der Waals surface area (Å²) in [4.78, 5) is 72.1. The van der Waals surface area contributed by atoms with Gasteiger partial charge in [-0.3, -0.25) is 37.3 Å². The molecule has 0 saturated carbocycles. The third-order valence-corrected chi connectivity index (χ3v) is 17.0. The molecule has 82 heavy (non-hydrogen) atoms. The maximum atomic E-state index is 13.0. The van der Waals surface area contributed by atoms with Crippen LogP contribution in [0.25, 0.3) is 0 Å². The minimum Gasteiger partial charge on any atom is -0.462 e. The molecular formula is C63H122O17P2. The van der Waals surface area contributed by atoms with Crippen LogP contribution in [-0.4, -0.2) is 96.7 Å². The van der Waals surface area contributed by atoms with Crippen LogP contribution in [-0.2, 0) is 65.4 Å². The number of carbonyl (C=O) groups is 4. The zero-order valence-electron chi connectivity index (χ0n) is 52.9. The second-order valence-electron chi connectivity index (χ2n) is 23.8. The molecule has 0 spiro atoms. The molecule has 0 amide bonds. The largest absolute Gasteiger partial charge is 0.472 e. The van der Waals surface area contributed by atoms with Crippen molar-refractivity contribution in [3.8, 4) is 0 Å². The van der Waals surface area contributed by atoms with Crippen LogP contribution in [0.15, 0.2) is 0 Å². The number of rotatable bonds is 61. The predicted octanol–water partition coefficient (Wildman–Crippen LogP) is 17.1. The summed E-state index contributed by atoms with van der Waals surface area (Å²) in [5, 5.41) is 10.5. The summed E-state index contributed by atoms with van der Waals surface area (Å²) in [6, 6.07) is 0. The topological polar surface area (TPSA) is 237 Å². The molecule has 0 saturated heterocycles. The number of aliphatic hydroxyl groups is 1. The summed E-state index contributed by atoms with van der Waals surface area (Å²) in [5.74, 6) is 0.106. The van der Waals surface area contributed by atoms with Gasteiger partial charge in [0, 0.05) is 25.7 Å². The molecule has 0 aliphatic carbocycles. The van der Waals surface area contributed by atoms with E-state index in [2.05, 4.69) is 48.5 Å². The summed E-state index contributed by atoms with van der Waals surface area (Å²) in [6.45, 7) is 11.7. The van der Waals surface area contributed by atoms with Crippen molar-refractivity contribution < 1.29 is 80.2 Å². The molecule has 0 fully saturated rings. The first-order valence-electron chi connectivity index (χ1n) is 32.9. The summed E-state index contributed by atoms with van der Waals surface area (Å²) in [6.07, 6.45) is 34.9. The van der Waals surface area contributed by atoms with Crippen LogP contribution in [0.4, 0.5) is 0 Å². The molecular weight excluding hydrogens is 1090 g/mol. The smallest absolute Gasteiger partial charge is 0.462 e. The minimum atomic E-state index is -4.94. The SMILES string of the molecule is CCCCCCCCCC(=O)OC[C@H](COP(=O)(O)OC[C@H](O)COP(=O)(O)OC[C@@H](COC(=O)CCCCCCCCCCC(C)CC)OC(=O)CCCCCCCCCCCCC(C)C)OC(=O)CCCCCCCCC(C)CC. The highest BCUT2D eigenvalue weighted by molar-refractivity contribution is 7.47. The lowest BCUT2D eigenvalue weighted by Gasteiger charge is -2.21. The standard InChI is InChI=1S/C63H122O17P2/c1-8-11-12-13-20-30-37-44-60(65)73-50-59(80-63(68)47-40-33-26-25-29-36-43-56(7)10-3)53-78-82(71,72)76-49-57(64)48-75-81(69,70)77-52-58(51-74-61(66)45-38-31-23-19-18-22-28-35-42-55(6)9-2)79-62(67)46-39-32-24-17-15-14-16-21-27-34-41-54(4)5/h54-59,64H,8-53H2,1-7H3,(H,69,70)(H,71,72)/t55?,56?,57-,58-,59-/m1/s1. The number of carbonyl (C=O) groups excluding carboxylic acids is 4. The Labute approximate surface area is 498 Å². The molecule has 0 aliphatic heterocycles. The molecule has 0 rings (SSSR count). The zero-order chi connectivity index (χ0) is 61.0. The van der Waals surface area contributed by atoms with Gasteiger partial charge >= 0.3 is 39.5 Å². The van der Waals surface area contributed by atoms with E-state index >= 15 is 0 Å². The van der Waals surface area contributed by atoms with E-state index in [4.69, 9.17) is 37.0 Å². The van der Waals surface area contributed by atoms with Gasteiger partial charge in [-0.1, -0.05) is 254 Å². The quantitative estimate of drug-likeness (QED) is 0.0222. The predicted molar refractivity (Wildman–Crippen MR) is 326 cm³/mol. The number of unbranched alkanes of at least 4 members (excludes halogenated alkanes) is 27. The number of hydrogen-bond acceptors (Lipinski definition) is 15. The first kappa shape index (κ1) is 80.1. The number of aliphatic hydroxyl groups excluding tert-OH is 1. The molecule has 486 valence electrons. The lowest BCUT2D eigenvalue weighted by molar-refractivity contribution is -0.161. The number of phosphoric acid groups is 2. The molecule has 0 aliphatic rings. The Morgan fingerprint density at radius 1 is 0.354 bits per heavy atom. The third-order valence-electron chi connectivity index (χ3n) is 15.1. The van der Waals surface area contributed by atoms with E-state index in [0.717, 1.165) is 120 Å². The molecule has 0 aromatic rings. The Morgan fingerprint density at radius 2 is 0.622 bits per heavy atom. The van der Waals surface area contributed by atoms with E-state index in [9.17, 15) is 43.2 Å². The fraction of sp³-hybridized carbons (Fsp3) is 0.937. The molecule has 0 aromatic heterocycles. The fourth-order valence-corrected chi connectivity index (χ4v) is 10.8. The van der Waals surface area contributed by atoms with Gasteiger partial charge in [-0.2, -0.15) is 0 Å². The first-order valence-corrected chi connectivity index (χ1v) is 35.9. The van der Waals surface area contributed by atoms with Gasteiger partial charge in [-0.25, -0.2) is 9.13 Å². The minimum absolute atomic E-state index is 0.102. The van der Waals surface area contributed by atoms with Gasteiger partial charge in [0.25, 0.3) is 0 Å². The van der Waals surface area contributed by atoms with Crippen molar-refractivity contribution in [3.05, 3.63) is 0 Å². The Balaban J connectivity index is 5.24. The molecule has 0 bridgehead atoms. The second-order valence-corrected chi connectivity index (χ2v) is 26.7. The molecule has 17 nitrogen and oxygen atoms in total. The summed E-state index contributed by atoms with van der Waals surface area (Å²) < 4.78 is 67.9. The highest BCUT2D eigenvalue weighted by Gasteiger charge is 2.30. The Hall–Kier alpha value is -1.94. The van der Waals surface area contributed by atoms with Crippen molar-refractivity contribution in [2.75, 3.05) is 39.6 Å². The van der Waals surface area contributed by atoms with Crippen LogP contribution < -0.4 is 0 Å². The van der Waals surface area contributed by atoms with Crippen LogP contribution in [0.3, 0.4) is 0 Å². The normalized spacial score (nSPS) is 15.1. The third kappa shape index (κ3) is 54.7. The zero-order valence-corrected chi connectivity index (χ0v) is 54.7. The van der Waals surface area contributed by atoms with Gasteiger partial charge in [0.2, 0.25) is 0 Å². The second kappa shape index (κ2) is 54.5. The Morgan fingerprint density at radius 3 is 0.927 bits per heavy atom. The first-order chi connectivity index (χ1) is 39.3. The van der Waals surface area contributed by atoms with Gasteiger partial charge in [0.15, 0.2) is 12.2 Å².